The number of hydrogen-bond acceptors (Lipinski definition) is 4. The van der Waals surface area contributed by atoms with Gasteiger partial charge >= 0.3 is 0 Å². The topological polar surface area (TPSA) is 44.7 Å². The summed E-state index contributed by atoms with van der Waals surface area (Å²) in [4.78, 5) is 18.4. The van der Waals surface area contributed by atoms with Gasteiger partial charge in [0.1, 0.15) is 6.29 Å². The van der Waals surface area contributed by atoms with Gasteiger partial charge in [0, 0.05) is 38.5 Å². The molecule has 1 aromatic rings. The number of aliphatic imine (C=N–C) groups is 1. The summed E-state index contributed by atoms with van der Waals surface area (Å²) in [6.45, 7) is 13.5. The highest BCUT2D eigenvalue weighted by Crippen LogP contribution is 2.25. The van der Waals surface area contributed by atoms with Crippen LogP contribution in [0.1, 0.15) is 58.6 Å². The maximum atomic E-state index is 11.2. The van der Waals surface area contributed by atoms with Crippen LogP contribution in [-0.4, -0.2) is 37.0 Å². The van der Waals surface area contributed by atoms with Crippen molar-refractivity contribution in [3.8, 4) is 0 Å². The average Bonchev–Trinajstić information content (AvgIpc) is 2.70. The quantitative estimate of drug-likeness (QED) is 0.229. The number of nitrogens with one attached hydrogen (secondary N) is 1. The third kappa shape index (κ3) is 8.36. The number of carbonyl (C=O) groups excluding carboxylic acids is 1. The molecule has 1 N–H and O–H groups in total. The first-order valence-electron chi connectivity index (χ1n) is 10.6. The highest BCUT2D eigenvalue weighted by atomic mass is 16.1. The molecule has 160 valence electrons. The number of benzene rings is 1. The van der Waals surface area contributed by atoms with E-state index in [-0.39, 0.29) is 5.92 Å². The van der Waals surface area contributed by atoms with Crippen LogP contribution < -0.4 is 5.32 Å². The fourth-order valence-corrected chi connectivity index (χ4v) is 2.84. The smallest absolute Gasteiger partial charge is 0.145 e. The monoisotopic (exact) mass is 397 g/mol. The zero-order valence-corrected chi connectivity index (χ0v) is 19.5. The molecule has 0 aliphatic heterocycles. The van der Waals surface area contributed by atoms with Gasteiger partial charge in [-0.05, 0) is 68.4 Å². The van der Waals surface area contributed by atoms with Crippen molar-refractivity contribution in [1.82, 2.24) is 10.2 Å². The summed E-state index contributed by atoms with van der Waals surface area (Å²) >= 11 is 0. The van der Waals surface area contributed by atoms with Crippen molar-refractivity contribution in [2.24, 2.45) is 10.9 Å². The third-order valence-electron chi connectivity index (χ3n) is 5.12. The van der Waals surface area contributed by atoms with Crippen LogP contribution in [0.4, 0.5) is 5.69 Å². The molecular weight excluding hydrogens is 358 g/mol. The average molecular weight is 398 g/mol. The van der Waals surface area contributed by atoms with Crippen molar-refractivity contribution in [2.45, 2.75) is 67.0 Å². The third-order valence-corrected chi connectivity index (χ3v) is 5.12. The number of carbonyl (C=O) groups is 1. The summed E-state index contributed by atoms with van der Waals surface area (Å²) in [7, 11) is 3.98. The molecule has 0 bridgehead atoms. The molecule has 1 unspecified atom stereocenters. The Morgan fingerprint density at radius 1 is 1.21 bits per heavy atom. The van der Waals surface area contributed by atoms with Crippen LogP contribution >= 0.6 is 0 Å². The Labute approximate surface area is 177 Å². The molecule has 0 aliphatic rings. The highest BCUT2D eigenvalue weighted by molar-refractivity contribution is 6.06. The molecule has 2 atom stereocenters. The predicted octanol–water partition coefficient (Wildman–Crippen LogP) is 5.59. The molecule has 0 fully saturated rings. The Bertz CT molecular complexity index is 759. The van der Waals surface area contributed by atoms with Gasteiger partial charge in [-0.15, -0.1) is 0 Å². The van der Waals surface area contributed by atoms with Gasteiger partial charge < -0.3 is 10.2 Å². The minimum Gasteiger partial charge on any atom is -0.383 e. The fourth-order valence-electron chi connectivity index (χ4n) is 2.84. The van der Waals surface area contributed by atoms with Gasteiger partial charge in [-0.25, -0.2) is 0 Å². The van der Waals surface area contributed by atoms with Crippen molar-refractivity contribution >= 4 is 17.7 Å². The molecular formula is C25H39N3O. The van der Waals surface area contributed by atoms with E-state index in [4.69, 9.17) is 4.99 Å². The predicted molar refractivity (Wildman–Crippen MR) is 126 cm³/mol. The van der Waals surface area contributed by atoms with Crippen LogP contribution in [0.25, 0.3) is 0 Å². The van der Waals surface area contributed by atoms with E-state index in [1.165, 1.54) is 5.56 Å². The Kier molecular flexibility index (Phi) is 10.6. The molecule has 0 radical (unpaired) electrons. The largest absolute Gasteiger partial charge is 0.383 e. The molecule has 1 rings (SSSR count). The molecule has 0 spiro atoms. The number of allylic oxidation sites excluding steroid dienone is 3. The van der Waals surface area contributed by atoms with E-state index in [9.17, 15) is 4.79 Å². The molecule has 0 heterocycles. The van der Waals surface area contributed by atoms with Crippen molar-refractivity contribution < 1.29 is 4.79 Å². The van der Waals surface area contributed by atoms with Crippen LogP contribution in [0.2, 0.25) is 0 Å². The lowest BCUT2D eigenvalue weighted by Crippen LogP contribution is -2.24. The maximum absolute atomic E-state index is 11.2. The number of aldehydes is 1. The van der Waals surface area contributed by atoms with Gasteiger partial charge in [-0.1, -0.05) is 32.9 Å². The second-order valence-corrected chi connectivity index (χ2v) is 8.17. The lowest BCUT2D eigenvalue weighted by atomic mass is 9.94. The van der Waals surface area contributed by atoms with E-state index in [0.717, 1.165) is 48.2 Å². The molecule has 0 saturated carbocycles. The van der Waals surface area contributed by atoms with Crippen molar-refractivity contribution in [3.05, 3.63) is 52.7 Å². The first kappa shape index (κ1) is 24.8. The van der Waals surface area contributed by atoms with E-state index in [1.54, 1.807) is 0 Å². The normalized spacial score (nSPS) is 15.2. The van der Waals surface area contributed by atoms with Crippen LogP contribution in [0, 0.1) is 12.8 Å². The Hall–Kier alpha value is -2.20. The van der Waals surface area contributed by atoms with E-state index >= 15 is 0 Å². The van der Waals surface area contributed by atoms with Gasteiger partial charge in [-0.3, -0.25) is 9.79 Å². The summed E-state index contributed by atoms with van der Waals surface area (Å²) in [6.07, 6.45) is 6.95. The molecule has 0 saturated heterocycles. The Morgan fingerprint density at radius 2 is 1.90 bits per heavy atom. The number of nitrogens with zero attached hydrogens (tertiary/aromatic N) is 2. The summed E-state index contributed by atoms with van der Waals surface area (Å²) in [5.74, 6) is 0.276. The second kappa shape index (κ2) is 12.4. The molecule has 0 aliphatic carbocycles. The standard InChI is InChI=1S/C25H39N3O/c1-9-19(4)25(23(16-28(7)8)13-18(3)17-29)27-24-14-22(12-11-20(24)5)15-26-21(6)10-2/h11-14,16-17,19,21,26H,9-10,15H2,1-8H3/b18-13-,23-16+,27-25?/t19?,21-/m1/s1. The van der Waals surface area contributed by atoms with Gasteiger partial charge in [-0.2, -0.15) is 0 Å². The maximum Gasteiger partial charge on any atom is 0.145 e. The SMILES string of the molecule is CCC(C)C(=Nc1cc(CN[C@H](C)CC)ccc1C)C(/C=C(/C)C=O)=C/N(C)C. The number of rotatable bonds is 11. The van der Waals surface area contributed by atoms with Crippen LogP contribution in [0.3, 0.4) is 0 Å². The van der Waals surface area contributed by atoms with Crippen molar-refractivity contribution in [2.75, 3.05) is 14.1 Å². The fraction of sp³-hybridized carbons (Fsp3) is 0.520. The van der Waals surface area contributed by atoms with Crippen LogP contribution in [0.15, 0.2) is 46.6 Å². The zero-order valence-electron chi connectivity index (χ0n) is 19.5. The summed E-state index contributed by atoms with van der Waals surface area (Å²) < 4.78 is 0. The van der Waals surface area contributed by atoms with Crippen molar-refractivity contribution in [1.29, 1.82) is 0 Å². The van der Waals surface area contributed by atoms with E-state index < -0.39 is 0 Å². The zero-order chi connectivity index (χ0) is 22.0. The molecule has 4 heteroatoms. The first-order valence-corrected chi connectivity index (χ1v) is 10.6. The lowest BCUT2D eigenvalue weighted by Gasteiger charge is -2.18. The van der Waals surface area contributed by atoms with E-state index in [1.807, 2.05) is 38.2 Å². The van der Waals surface area contributed by atoms with Gasteiger partial charge in [0.2, 0.25) is 0 Å². The van der Waals surface area contributed by atoms with Crippen LogP contribution in [-0.2, 0) is 11.3 Å². The number of aryl methyl sites for hydroxylation is 1. The van der Waals surface area contributed by atoms with E-state index in [0.29, 0.717) is 11.6 Å². The molecule has 1 aromatic carbocycles. The van der Waals surface area contributed by atoms with E-state index in [2.05, 4.69) is 58.1 Å². The summed E-state index contributed by atoms with van der Waals surface area (Å²) in [5, 5.41) is 3.55. The summed E-state index contributed by atoms with van der Waals surface area (Å²) in [5.41, 5.74) is 6.06. The molecule has 0 aromatic heterocycles. The lowest BCUT2D eigenvalue weighted by molar-refractivity contribution is -0.104. The number of hydrogen-bond donors (Lipinski definition) is 1. The van der Waals surface area contributed by atoms with Gasteiger partial charge in [0.05, 0.1) is 11.4 Å². The minimum absolute atomic E-state index is 0.276. The Balaban J connectivity index is 3.45. The van der Waals surface area contributed by atoms with Crippen LogP contribution in [0.5, 0.6) is 0 Å². The molecule has 4 nitrogen and oxygen atoms in total. The summed E-state index contributed by atoms with van der Waals surface area (Å²) in [6, 6.07) is 6.98. The molecule has 0 amide bonds. The second-order valence-electron chi connectivity index (χ2n) is 8.17. The minimum atomic E-state index is 0.276. The van der Waals surface area contributed by atoms with Crippen molar-refractivity contribution in [3.63, 3.8) is 0 Å². The Morgan fingerprint density at radius 3 is 2.45 bits per heavy atom. The highest BCUT2D eigenvalue weighted by Gasteiger charge is 2.15. The van der Waals surface area contributed by atoms with Gasteiger partial charge in [0.15, 0.2) is 0 Å². The first-order chi connectivity index (χ1) is 13.7. The molecule has 29 heavy (non-hydrogen) atoms. The van der Waals surface area contributed by atoms with Gasteiger partial charge in [0.25, 0.3) is 0 Å².